The average molecular weight is 576 g/mol. The lowest BCUT2D eigenvalue weighted by atomic mass is 9.97. The molecule has 11 heteroatoms. The van der Waals surface area contributed by atoms with Gasteiger partial charge in [-0.25, -0.2) is 15.0 Å². The monoisotopic (exact) mass is 575 g/mol. The third-order valence-electron chi connectivity index (χ3n) is 7.26. The predicted molar refractivity (Wildman–Crippen MR) is 154 cm³/mol. The van der Waals surface area contributed by atoms with E-state index in [4.69, 9.17) is 16.6 Å². The van der Waals surface area contributed by atoms with Crippen molar-refractivity contribution < 1.29 is 14.7 Å². The average Bonchev–Trinajstić information content (AvgIpc) is 3.64. The Hall–Kier alpha value is -2.40. The van der Waals surface area contributed by atoms with Crippen LogP contribution in [0, 0.1) is 5.92 Å². The number of ketones is 1. The van der Waals surface area contributed by atoms with Gasteiger partial charge in [0.15, 0.2) is 5.78 Å². The molecule has 1 N–H and O–H groups in total. The van der Waals surface area contributed by atoms with Gasteiger partial charge in [-0.05, 0) is 44.7 Å². The van der Waals surface area contributed by atoms with E-state index in [0.29, 0.717) is 48.5 Å². The summed E-state index contributed by atoms with van der Waals surface area (Å²) in [5.74, 6) is -0.494. The van der Waals surface area contributed by atoms with E-state index in [9.17, 15) is 14.7 Å². The zero-order valence-corrected chi connectivity index (χ0v) is 23.1. The van der Waals surface area contributed by atoms with Gasteiger partial charge in [-0.3, -0.25) is 14.5 Å². The first kappa shape index (κ1) is 28.6. The van der Waals surface area contributed by atoms with Gasteiger partial charge < -0.3 is 10.0 Å². The van der Waals surface area contributed by atoms with E-state index in [1.165, 1.54) is 23.9 Å². The van der Waals surface area contributed by atoms with Crippen molar-refractivity contribution in [3.05, 3.63) is 44.4 Å². The summed E-state index contributed by atoms with van der Waals surface area (Å²) in [6, 6.07) is 2.54. The van der Waals surface area contributed by atoms with Gasteiger partial charge in [0.05, 0.1) is 40.3 Å². The van der Waals surface area contributed by atoms with Crippen LogP contribution >= 0.6 is 34.3 Å². The molecule has 1 atom stereocenters. The lowest BCUT2D eigenvalue weighted by molar-refractivity contribution is -0.142. The van der Waals surface area contributed by atoms with E-state index >= 15 is 0 Å². The molecule has 2 aliphatic heterocycles. The number of carbonyl (C=O) groups excluding carboxylic acids is 1. The van der Waals surface area contributed by atoms with Crippen LogP contribution in [-0.4, -0.2) is 62.4 Å². The zero-order chi connectivity index (χ0) is 25.9. The first-order valence-corrected chi connectivity index (χ1v) is 14.8. The summed E-state index contributed by atoms with van der Waals surface area (Å²) in [5, 5.41) is 12.6. The fourth-order valence-electron chi connectivity index (χ4n) is 5.17. The fourth-order valence-corrected chi connectivity index (χ4v) is 7.44. The van der Waals surface area contributed by atoms with Crippen molar-refractivity contribution in [1.29, 1.82) is 0 Å². The van der Waals surface area contributed by atoms with Crippen LogP contribution in [0.1, 0.15) is 66.8 Å². The number of aromatic nitrogens is 3. The van der Waals surface area contributed by atoms with Gasteiger partial charge in [-0.1, -0.05) is 26.0 Å². The number of carbonyl (C=O) groups is 2. The maximum Gasteiger partial charge on any atom is 0.306 e. The number of piperidine rings is 1. The molecule has 0 radical (unpaired) electrons. The second-order valence-corrected chi connectivity index (χ2v) is 12.2. The minimum Gasteiger partial charge on any atom is -0.481 e. The molecule has 0 saturated carbocycles. The summed E-state index contributed by atoms with van der Waals surface area (Å²) in [6.07, 6.45) is 8.05. The number of carboxylic acid groups (broad SMARTS) is 1. The van der Waals surface area contributed by atoms with Crippen molar-refractivity contribution in [2.24, 2.45) is 5.92 Å². The lowest BCUT2D eigenvalue weighted by Crippen LogP contribution is -2.36. The quantitative estimate of drug-likeness (QED) is 0.308. The summed E-state index contributed by atoms with van der Waals surface area (Å²) in [7, 11) is 0. The third kappa shape index (κ3) is 6.42. The molecule has 5 heterocycles. The molecule has 0 amide bonds. The number of likely N-dealkylation sites (tertiary alicyclic amines) is 1. The number of hydrogen-bond donors (Lipinski definition) is 1. The van der Waals surface area contributed by atoms with Crippen LogP contribution in [0.2, 0.25) is 5.02 Å². The van der Waals surface area contributed by atoms with Gasteiger partial charge in [0.2, 0.25) is 0 Å². The minimum atomic E-state index is -0.743. The number of nitrogens with zero attached hydrogens (tertiary/aromatic N) is 5. The Labute approximate surface area is 236 Å². The number of aliphatic carboxylic acids is 1. The smallest absolute Gasteiger partial charge is 0.306 e. The van der Waals surface area contributed by atoms with Crippen molar-refractivity contribution in [1.82, 2.24) is 19.9 Å². The van der Waals surface area contributed by atoms with Crippen LogP contribution in [0.15, 0.2) is 23.8 Å². The molecule has 5 rings (SSSR count). The van der Waals surface area contributed by atoms with Crippen LogP contribution in [0.25, 0.3) is 10.6 Å². The van der Waals surface area contributed by atoms with Crippen LogP contribution in [-0.2, 0) is 17.8 Å². The Balaban J connectivity index is 0.00000336. The minimum absolute atomic E-state index is 0. The van der Waals surface area contributed by atoms with Crippen molar-refractivity contribution in [2.45, 2.75) is 65.5 Å². The Bertz CT molecular complexity index is 1250. The third-order valence-corrected chi connectivity index (χ3v) is 9.59. The Morgan fingerprint density at radius 1 is 1.16 bits per heavy atom. The summed E-state index contributed by atoms with van der Waals surface area (Å²) in [6.45, 7) is 5.40. The van der Waals surface area contributed by atoms with E-state index in [-0.39, 0.29) is 25.5 Å². The molecule has 204 valence electrons. The standard InChI is InChI=1S/C26H30ClN5O3S2.CH4/c1-2-18-4-3-7-32(18)14-22-25(21-10-17(27)15-36-21)30-24(37-22)11-20(33)19-12-29-23(13-28-19)31-8-5-16(6-9-31)26(34)35;/h10,12-13,15-16,18H,2-9,11,14H2,1H3,(H,34,35);1H4/t18-;/m1./s1. The number of halogens is 1. The van der Waals surface area contributed by atoms with Gasteiger partial charge >= 0.3 is 5.97 Å². The van der Waals surface area contributed by atoms with E-state index < -0.39 is 5.97 Å². The number of Topliss-reactive ketones (excluding diaryl/α,β-unsaturated/α-hetero) is 1. The van der Waals surface area contributed by atoms with Crippen molar-refractivity contribution in [3.63, 3.8) is 0 Å². The molecular weight excluding hydrogens is 542 g/mol. The molecule has 2 aliphatic rings. The van der Waals surface area contributed by atoms with Crippen LogP contribution in [0.3, 0.4) is 0 Å². The van der Waals surface area contributed by atoms with Crippen LogP contribution in [0.5, 0.6) is 0 Å². The van der Waals surface area contributed by atoms with E-state index in [1.54, 1.807) is 28.9 Å². The molecule has 0 unspecified atom stereocenters. The molecule has 3 aromatic rings. The highest BCUT2D eigenvalue weighted by Crippen LogP contribution is 2.36. The highest BCUT2D eigenvalue weighted by Gasteiger charge is 2.27. The normalized spacial score (nSPS) is 18.5. The number of carboxylic acids is 1. The van der Waals surface area contributed by atoms with Gasteiger partial charge in [-0.2, -0.15) is 0 Å². The van der Waals surface area contributed by atoms with Crippen LogP contribution < -0.4 is 4.90 Å². The van der Waals surface area contributed by atoms with E-state index in [2.05, 4.69) is 21.8 Å². The van der Waals surface area contributed by atoms with Crippen LogP contribution in [0.4, 0.5) is 5.82 Å². The van der Waals surface area contributed by atoms with Crippen molar-refractivity contribution in [2.75, 3.05) is 24.5 Å². The number of thiophene rings is 1. The highest BCUT2D eigenvalue weighted by atomic mass is 35.5. The molecular formula is C27H34ClN5O3S2. The first-order valence-electron chi connectivity index (χ1n) is 12.7. The Morgan fingerprint density at radius 2 is 1.95 bits per heavy atom. The first-order chi connectivity index (χ1) is 17.9. The van der Waals surface area contributed by atoms with Gasteiger partial charge in [0.1, 0.15) is 16.5 Å². The largest absolute Gasteiger partial charge is 0.481 e. The van der Waals surface area contributed by atoms with Gasteiger partial charge in [-0.15, -0.1) is 22.7 Å². The molecule has 2 fully saturated rings. The molecule has 0 aliphatic carbocycles. The second-order valence-electron chi connectivity index (χ2n) is 9.64. The molecule has 0 aromatic carbocycles. The summed E-state index contributed by atoms with van der Waals surface area (Å²) in [5.41, 5.74) is 1.24. The number of hydrogen-bond acceptors (Lipinski definition) is 9. The van der Waals surface area contributed by atoms with E-state index in [0.717, 1.165) is 35.1 Å². The Kier molecular flexibility index (Phi) is 9.51. The number of anilines is 1. The zero-order valence-electron chi connectivity index (χ0n) is 20.7. The molecule has 3 aromatic heterocycles. The predicted octanol–water partition coefficient (Wildman–Crippen LogP) is 6.05. The summed E-state index contributed by atoms with van der Waals surface area (Å²) in [4.78, 5) is 44.7. The van der Waals surface area contributed by atoms with Gasteiger partial charge in [0, 0.05) is 35.9 Å². The summed E-state index contributed by atoms with van der Waals surface area (Å²) < 4.78 is 0. The lowest BCUT2D eigenvalue weighted by Gasteiger charge is -2.30. The molecule has 8 nitrogen and oxygen atoms in total. The second kappa shape index (κ2) is 12.6. The molecule has 0 spiro atoms. The van der Waals surface area contributed by atoms with Crippen molar-refractivity contribution >= 4 is 51.8 Å². The maximum atomic E-state index is 13.1. The van der Waals surface area contributed by atoms with E-state index in [1.807, 2.05) is 16.3 Å². The Morgan fingerprint density at radius 3 is 2.58 bits per heavy atom. The maximum absolute atomic E-state index is 13.1. The topological polar surface area (TPSA) is 99.5 Å². The number of rotatable bonds is 9. The molecule has 38 heavy (non-hydrogen) atoms. The molecule has 0 bridgehead atoms. The highest BCUT2D eigenvalue weighted by molar-refractivity contribution is 7.15. The van der Waals surface area contributed by atoms with Gasteiger partial charge in [0.25, 0.3) is 0 Å². The van der Waals surface area contributed by atoms with Crippen molar-refractivity contribution in [3.8, 4) is 10.6 Å². The summed E-state index contributed by atoms with van der Waals surface area (Å²) >= 11 is 9.39. The SMILES string of the molecule is C.CC[C@@H]1CCCN1Cc1sc(CC(=O)c2cnc(N3CCC(C(=O)O)CC3)cn2)nc1-c1cc(Cl)cs1. The fraction of sp³-hybridized carbons (Fsp3) is 0.519. The molecule has 2 saturated heterocycles. The number of thiazole rings is 1.